The Balaban J connectivity index is 1.77. The summed E-state index contributed by atoms with van der Waals surface area (Å²) in [6.07, 6.45) is 0. The molecule has 1 aromatic heterocycles. The summed E-state index contributed by atoms with van der Waals surface area (Å²) >= 11 is 0.672. The number of anilines is 1. The van der Waals surface area contributed by atoms with Crippen molar-refractivity contribution in [2.75, 3.05) is 5.73 Å². The summed E-state index contributed by atoms with van der Waals surface area (Å²) in [5.41, 5.74) is 12.5. The van der Waals surface area contributed by atoms with Crippen molar-refractivity contribution in [1.29, 1.82) is 0 Å². The molecule has 1 unspecified atom stereocenters. The van der Waals surface area contributed by atoms with E-state index in [1.165, 1.54) is 53.4 Å². The Morgan fingerprint density at radius 2 is 1.50 bits per heavy atom. The van der Waals surface area contributed by atoms with Gasteiger partial charge in [0.05, 0.1) is 5.69 Å². The molecule has 0 saturated heterocycles. The van der Waals surface area contributed by atoms with Crippen LogP contribution in [0.2, 0.25) is 0 Å². The molecule has 38 heavy (non-hydrogen) atoms. The van der Waals surface area contributed by atoms with E-state index in [0.717, 1.165) is 5.56 Å². The first kappa shape index (κ1) is 26.4. The second kappa shape index (κ2) is 11.6. The van der Waals surface area contributed by atoms with E-state index >= 15 is 0 Å². The number of carbonyl (C=O) groups is 3. The number of primary amides is 1. The van der Waals surface area contributed by atoms with E-state index in [4.69, 9.17) is 11.5 Å². The van der Waals surface area contributed by atoms with Crippen molar-refractivity contribution in [3.05, 3.63) is 118 Å². The van der Waals surface area contributed by atoms with Gasteiger partial charge in [-0.2, -0.15) is 4.37 Å². The van der Waals surface area contributed by atoms with Gasteiger partial charge < -0.3 is 21.7 Å². The Labute approximate surface area is 221 Å². The number of nitrogens with two attached hydrogens (primary N) is 2. The van der Waals surface area contributed by atoms with E-state index in [-0.39, 0.29) is 29.3 Å². The summed E-state index contributed by atoms with van der Waals surface area (Å²) in [5.74, 6) is -3.15. The van der Waals surface area contributed by atoms with Gasteiger partial charge in [0.1, 0.15) is 22.6 Å². The number of rotatable bonds is 9. The molecule has 11 heteroatoms. The summed E-state index contributed by atoms with van der Waals surface area (Å²) < 4.78 is 31.3. The van der Waals surface area contributed by atoms with E-state index in [2.05, 4.69) is 9.69 Å². The van der Waals surface area contributed by atoms with Gasteiger partial charge in [0.15, 0.2) is 5.69 Å². The van der Waals surface area contributed by atoms with Gasteiger partial charge in [0, 0.05) is 13.1 Å². The third-order valence-corrected chi connectivity index (χ3v) is 6.59. The number of nitrogens with one attached hydrogen (secondary N) is 1. The van der Waals surface area contributed by atoms with Crippen molar-refractivity contribution < 1.29 is 23.2 Å². The van der Waals surface area contributed by atoms with Gasteiger partial charge in [-0.05, 0) is 52.5 Å². The topological polar surface area (TPSA) is 131 Å². The van der Waals surface area contributed by atoms with Crippen LogP contribution < -0.4 is 16.8 Å². The largest absolute Gasteiger partial charge is 0.395 e. The molecule has 0 aliphatic carbocycles. The minimum absolute atomic E-state index is 0.0936. The molecule has 0 bridgehead atoms. The predicted molar refractivity (Wildman–Crippen MR) is 139 cm³/mol. The maximum absolute atomic E-state index is 13.9. The van der Waals surface area contributed by atoms with Crippen LogP contribution in [0.25, 0.3) is 0 Å². The van der Waals surface area contributed by atoms with Crippen LogP contribution in [0.1, 0.15) is 42.9 Å². The third-order valence-electron chi connectivity index (χ3n) is 5.74. The molecule has 1 heterocycles. The van der Waals surface area contributed by atoms with E-state index in [1.807, 2.05) is 30.3 Å². The number of benzene rings is 3. The summed E-state index contributed by atoms with van der Waals surface area (Å²) in [6.45, 7) is 0.0353. The number of halogens is 2. The van der Waals surface area contributed by atoms with Crippen molar-refractivity contribution in [2.24, 2.45) is 5.73 Å². The van der Waals surface area contributed by atoms with E-state index in [0.29, 0.717) is 22.7 Å². The number of hydrogen-bond donors (Lipinski definition) is 3. The summed E-state index contributed by atoms with van der Waals surface area (Å²) in [7, 11) is 0. The lowest BCUT2D eigenvalue weighted by atomic mass is 10.0. The number of amides is 3. The van der Waals surface area contributed by atoms with Crippen LogP contribution in [-0.2, 0) is 17.9 Å². The molecule has 0 spiro atoms. The molecule has 0 saturated carbocycles. The first-order valence-corrected chi connectivity index (χ1v) is 12.2. The molecule has 3 aromatic carbocycles. The first-order valence-electron chi connectivity index (χ1n) is 11.4. The quantitative estimate of drug-likeness (QED) is 0.300. The molecule has 194 valence electrons. The normalized spacial score (nSPS) is 11.5. The number of hydrogen-bond acceptors (Lipinski definition) is 6. The zero-order valence-corrected chi connectivity index (χ0v) is 20.8. The summed E-state index contributed by atoms with van der Waals surface area (Å²) in [6, 6.07) is 18.5. The zero-order valence-electron chi connectivity index (χ0n) is 19.9. The molecule has 0 radical (unpaired) electrons. The van der Waals surface area contributed by atoms with Gasteiger partial charge in [-0.15, -0.1) is 0 Å². The Morgan fingerprint density at radius 3 is 2.08 bits per heavy atom. The number of nitrogen functional groups attached to an aromatic ring is 1. The molecule has 0 aliphatic heterocycles. The zero-order chi connectivity index (χ0) is 27.2. The van der Waals surface area contributed by atoms with Gasteiger partial charge in [-0.1, -0.05) is 54.6 Å². The van der Waals surface area contributed by atoms with Crippen LogP contribution in [0, 0.1) is 11.6 Å². The van der Waals surface area contributed by atoms with Crippen LogP contribution in [0.4, 0.5) is 14.5 Å². The lowest BCUT2D eigenvalue weighted by molar-refractivity contribution is -0.126. The van der Waals surface area contributed by atoms with Crippen LogP contribution in [0.15, 0.2) is 78.9 Å². The highest BCUT2D eigenvalue weighted by Crippen LogP contribution is 2.30. The molecule has 0 aliphatic rings. The fourth-order valence-corrected chi connectivity index (χ4v) is 4.59. The second-order valence-corrected chi connectivity index (χ2v) is 9.13. The van der Waals surface area contributed by atoms with Gasteiger partial charge in [0.25, 0.3) is 11.8 Å². The van der Waals surface area contributed by atoms with Crippen molar-refractivity contribution >= 4 is 34.9 Å². The molecule has 4 rings (SSSR count). The monoisotopic (exact) mass is 535 g/mol. The van der Waals surface area contributed by atoms with Crippen LogP contribution in [0.3, 0.4) is 0 Å². The highest BCUT2D eigenvalue weighted by atomic mass is 32.1. The van der Waals surface area contributed by atoms with Crippen molar-refractivity contribution in [3.8, 4) is 0 Å². The van der Waals surface area contributed by atoms with Crippen molar-refractivity contribution in [1.82, 2.24) is 14.6 Å². The highest BCUT2D eigenvalue weighted by molar-refractivity contribution is 7.09. The number of nitrogens with zero attached hydrogens (tertiary/aromatic N) is 2. The minimum atomic E-state index is -1.24. The molecule has 4 aromatic rings. The van der Waals surface area contributed by atoms with Crippen molar-refractivity contribution in [3.63, 3.8) is 0 Å². The van der Waals surface area contributed by atoms with E-state index < -0.39 is 35.4 Å². The SMILES string of the molecule is NC(=O)c1nsc(C(=O)N(Cc2ccc(F)cc2)C(C(=O)NCc2ccccc2)c2ccc(F)cc2)c1N. The maximum Gasteiger partial charge on any atom is 0.270 e. The lowest BCUT2D eigenvalue weighted by Gasteiger charge is -2.31. The van der Waals surface area contributed by atoms with Crippen LogP contribution in [-0.4, -0.2) is 27.0 Å². The summed E-state index contributed by atoms with van der Waals surface area (Å²) in [4.78, 5) is 40.3. The standard InChI is InChI=1S/C27H23F2N5O3S/c28-19-10-6-17(7-11-19)15-34(27(37)24-21(30)22(25(31)35)33-38-24)23(18-8-12-20(29)13-9-18)26(36)32-14-16-4-2-1-3-5-16/h1-13,23H,14-15,30H2,(H2,31,35)(H,32,36). The van der Waals surface area contributed by atoms with E-state index in [9.17, 15) is 23.2 Å². The smallest absolute Gasteiger partial charge is 0.270 e. The molecule has 0 fully saturated rings. The fraction of sp³-hybridized carbons (Fsp3) is 0.111. The highest BCUT2D eigenvalue weighted by Gasteiger charge is 2.35. The first-order chi connectivity index (χ1) is 18.2. The number of aromatic nitrogens is 1. The van der Waals surface area contributed by atoms with Gasteiger partial charge >= 0.3 is 0 Å². The van der Waals surface area contributed by atoms with Gasteiger partial charge in [-0.25, -0.2) is 8.78 Å². The van der Waals surface area contributed by atoms with Crippen molar-refractivity contribution in [2.45, 2.75) is 19.1 Å². The average Bonchev–Trinajstić information content (AvgIpc) is 3.31. The lowest BCUT2D eigenvalue weighted by Crippen LogP contribution is -2.43. The Kier molecular flexibility index (Phi) is 8.07. The molecule has 8 nitrogen and oxygen atoms in total. The van der Waals surface area contributed by atoms with Gasteiger partial charge in [0.2, 0.25) is 5.91 Å². The molecular weight excluding hydrogens is 512 g/mol. The molecule has 3 amide bonds. The Hall–Kier alpha value is -4.64. The fourth-order valence-electron chi connectivity index (χ4n) is 3.83. The molecular formula is C27H23F2N5O3S. The number of carbonyl (C=O) groups excluding carboxylic acids is 3. The van der Waals surface area contributed by atoms with Crippen LogP contribution in [0.5, 0.6) is 0 Å². The van der Waals surface area contributed by atoms with Gasteiger partial charge in [-0.3, -0.25) is 14.4 Å². The molecule has 1 atom stereocenters. The average molecular weight is 536 g/mol. The maximum atomic E-state index is 13.9. The van der Waals surface area contributed by atoms with E-state index in [1.54, 1.807) is 0 Å². The molecule has 5 N–H and O–H groups in total. The Morgan fingerprint density at radius 1 is 0.895 bits per heavy atom. The minimum Gasteiger partial charge on any atom is -0.395 e. The summed E-state index contributed by atoms with van der Waals surface area (Å²) in [5, 5.41) is 2.83. The third kappa shape index (κ3) is 6.01. The van der Waals surface area contributed by atoms with Crippen LogP contribution >= 0.6 is 11.5 Å². The predicted octanol–water partition coefficient (Wildman–Crippen LogP) is 3.80. The second-order valence-electron chi connectivity index (χ2n) is 8.36. The Bertz CT molecular complexity index is 1440.